The number of rotatable bonds is 5. The second-order valence-corrected chi connectivity index (χ2v) is 6.58. The number of anilines is 1. The molecule has 7 nitrogen and oxygen atoms in total. The molecule has 2 aromatic heterocycles. The van der Waals surface area contributed by atoms with E-state index in [-0.39, 0.29) is 19.0 Å². The summed E-state index contributed by atoms with van der Waals surface area (Å²) in [6, 6.07) is 2.95. The van der Waals surface area contributed by atoms with Gasteiger partial charge in [0.25, 0.3) is 0 Å². The molecule has 0 aliphatic carbocycles. The molecule has 3 rings (SSSR count). The molecule has 0 bridgehead atoms. The van der Waals surface area contributed by atoms with E-state index in [4.69, 9.17) is 0 Å². The molecule has 25 heavy (non-hydrogen) atoms. The number of amides is 1. The highest BCUT2D eigenvalue weighted by molar-refractivity contribution is 5.75. The summed E-state index contributed by atoms with van der Waals surface area (Å²) in [5.74, 6) is 0.0311. The maximum absolute atomic E-state index is 13.0. The molecule has 3 heterocycles. The average Bonchev–Trinajstić information content (AvgIpc) is 2.99. The number of β-amino-alcohol motifs (C(OH)–C–C–N with tert-alkyl or cyclic N) is 1. The highest BCUT2D eigenvalue weighted by Gasteiger charge is 2.34. The van der Waals surface area contributed by atoms with Crippen molar-refractivity contribution in [1.29, 1.82) is 0 Å². The van der Waals surface area contributed by atoms with Gasteiger partial charge in [-0.3, -0.25) is 9.48 Å². The number of hydrogen-bond donors (Lipinski definition) is 2. The van der Waals surface area contributed by atoms with Crippen molar-refractivity contribution in [3.63, 3.8) is 0 Å². The molecule has 8 heteroatoms. The third-order valence-corrected chi connectivity index (χ3v) is 4.27. The number of aromatic nitrogens is 3. The van der Waals surface area contributed by atoms with E-state index >= 15 is 0 Å². The number of nitrogens with zero attached hydrogens (tertiary/aromatic N) is 4. The molecule has 1 fully saturated rings. The second-order valence-electron chi connectivity index (χ2n) is 6.58. The SMILES string of the molecule is Cc1cnn(CC(=O)NCC2(O)CCCN(c3ccc(F)cn3)C2)c1. The van der Waals surface area contributed by atoms with Crippen LogP contribution >= 0.6 is 0 Å². The van der Waals surface area contributed by atoms with Crippen LogP contribution in [-0.2, 0) is 11.3 Å². The summed E-state index contributed by atoms with van der Waals surface area (Å²) in [6.45, 7) is 3.26. The Morgan fingerprint density at radius 2 is 2.28 bits per heavy atom. The van der Waals surface area contributed by atoms with Crippen LogP contribution in [0.5, 0.6) is 0 Å². The number of carbonyl (C=O) groups excluding carboxylic acids is 1. The maximum atomic E-state index is 13.0. The fourth-order valence-electron chi connectivity index (χ4n) is 3.03. The number of halogens is 1. The Morgan fingerprint density at radius 3 is 2.96 bits per heavy atom. The first-order valence-electron chi connectivity index (χ1n) is 8.28. The van der Waals surface area contributed by atoms with Crippen molar-refractivity contribution in [3.05, 3.63) is 42.1 Å². The molecule has 0 radical (unpaired) electrons. The van der Waals surface area contributed by atoms with E-state index in [1.807, 2.05) is 11.8 Å². The van der Waals surface area contributed by atoms with Gasteiger partial charge < -0.3 is 15.3 Å². The number of hydrogen-bond acceptors (Lipinski definition) is 5. The van der Waals surface area contributed by atoms with Gasteiger partial charge in [-0.2, -0.15) is 5.10 Å². The minimum Gasteiger partial charge on any atom is -0.386 e. The number of aryl methyl sites for hydroxylation is 1. The van der Waals surface area contributed by atoms with E-state index in [1.54, 1.807) is 23.1 Å². The van der Waals surface area contributed by atoms with Gasteiger partial charge in [-0.15, -0.1) is 0 Å². The van der Waals surface area contributed by atoms with Crippen LogP contribution in [0.25, 0.3) is 0 Å². The Hall–Kier alpha value is -2.48. The molecule has 1 amide bonds. The Labute approximate surface area is 145 Å². The maximum Gasteiger partial charge on any atom is 0.241 e. The van der Waals surface area contributed by atoms with Crippen LogP contribution in [-0.4, -0.2) is 51.0 Å². The van der Waals surface area contributed by atoms with Crippen molar-refractivity contribution in [2.75, 3.05) is 24.5 Å². The number of pyridine rings is 1. The smallest absolute Gasteiger partial charge is 0.241 e. The fourth-order valence-corrected chi connectivity index (χ4v) is 3.03. The molecule has 0 spiro atoms. The van der Waals surface area contributed by atoms with Crippen LogP contribution < -0.4 is 10.2 Å². The molecular weight excluding hydrogens is 325 g/mol. The van der Waals surface area contributed by atoms with Crippen LogP contribution in [0.4, 0.5) is 10.2 Å². The molecule has 2 aromatic rings. The first-order valence-corrected chi connectivity index (χ1v) is 8.28. The Morgan fingerprint density at radius 1 is 1.44 bits per heavy atom. The van der Waals surface area contributed by atoms with Crippen LogP contribution in [0.15, 0.2) is 30.7 Å². The molecule has 134 valence electrons. The second kappa shape index (κ2) is 7.18. The van der Waals surface area contributed by atoms with Crippen LogP contribution in [0.1, 0.15) is 18.4 Å². The quantitative estimate of drug-likeness (QED) is 0.839. The van der Waals surface area contributed by atoms with E-state index in [0.29, 0.717) is 18.8 Å². The first kappa shape index (κ1) is 17.3. The molecule has 1 aliphatic heterocycles. The van der Waals surface area contributed by atoms with E-state index in [1.165, 1.54) is 6.07 Å². The molecule has 1 unspecified atom stereocenters. The molecule has 0 saturated carbocycles. The van der Waals surface area contributed by atoms with Gasteiger partial charge in [-0.1, -0.05) is 0 Å². The van der Waals surface area contributed by atoms with Crippen molar-refractivity contribution in [2.45, 2.75) is 31.9 Å². The lowest BCUT2D eigenvalue weighted by Crippen LogP contribution is -2.54. The van der Waals surface area contributed by atoms with Crippen molar-refractivity contribution >= 4 is 11.7 Å². The van der Waals surface area contributed by atoms with Crippen LogP contribution in [0, 0.1) is 12.7 Å². The minimum atomic E-state index is -1.04. The number of piperidine rings is 1. The summed E-state index contributed by atoms with van der Waals surface area (Å²) in [7, 11) is 0. The van der Waals surface area contributed by atoms with Gasteiger partial charge in [-0.05, 0) is 37.5 Å². The van der Waals surface area contributed by atoms with Gasteiger partial charge in [-0.25, -0.2) is 9.37 Å². The van der Waals surface area contributed by atoms with Crippen molar-refractivity contribution in [1.82, 2.24) is 20.1 Å². The zero-order valence-electron chi connectivity index (χ0n) is 14.2. The molecule has 1 saturated heterocycles. The van der Waals surface area contributed by atoms with Crippen molar-refractivity contribution in [2.24, 2.45) is 0 Å². The zero-order valence-corrected chi connectivity index (χ0v) is 14.2. The normalized spacial score (nSPS) is 20.5. The molecule has 0 aromatic carbocycles. The lowest BCUT2D eigenvalue weighted by molar-refractivity contribution is -0.123. The van der Waals surface area contributed by atoms with E-state index in [2.05, 4.69) is 15.4 Å². The third-order valence-electron chi connectivity index (χ3n) is 4.27. The lowest BCUT2D eigenvalue weighted by atomic mass is 9.92. The largest absolute Gasteiger partial charge is 0.386 e. The monoisotopic (exact) mass is 347 g/mol. The van der Waals surface area contributed by atoms with E-state index in [9.17, 15) is 14.3 Å². The van der Waals surface area contributed by atoms with E-state index in [0.717, 1.165) is 24.7 Å². The lowest BCUT2D eigenvalue weighted by Gasteiger charge is -2.39. The minimum absolute atomic E-state index is 0.118. The standard InChI is InChI=1S/C17H22FN5O2/c1-13-7-21-23(9-13)10-16(24)20-11-17(25)5-2-6-22(12-17)15-4-3-14(18)8-19-15/h3-4,7-9,25H,2,5-6,10-12H2,1H3,(H,20,24). The topological polar surface area (TPSA) is 83.3 Å². The average molecular weight is 347 g/mol. The predicted molar refractivity (Wildman–Crippen MR) is 90.6 cm³/mol. The van der Waals surface area contributed by atoms with Gasteiger partial charge in [0, 0.05) is 25.8 Å². The van der Waals surface area contributed by atoms with Crippen LogP contribution in [0.2, 0.25) is 0 Å². The molecule has 1 aliphatic rings. The summed E-state index contributed by atoms with van der Waals surface area (Å²) >= 11 is 0. The fraction of sp³-hybridized carbons (Fsp3) is 0.471. The van der Waals surface area contributed by atoms with Gasteiger partial charge in [0.2, 0.25) is 5.91 Å². The molecule has 1 atom stereocenters. The summed E-state index contributed by atoms with van der Waals surface area (Å²) in [6.07, 6.45) is 6.00. The number of carbonyl (C=O) groups is 1. The van der Waals surface area contributed by atoms with Gasteiger partial charge in [0.1, 0.15) is 18.2 Å². The summed E-state index contributed by atoms with van der Waals surface area (Å²) in [4.78, 5) is 18.0. The molecular formula is C17H22FN5O2. The third kappa shape index (κ3) is 4.54. The number of aliphatic hydroxyl groups is 1. The Bertz CT molecular complexity index is 733. The first-order chi connectivity index (χ1) is 11.9. The highest BCUT2D eigenvalue weighted by atomic mass is 19.1. The summed E-state index contributed by atoms with van der Waals surface area (Å²) in [5.41, 5.74) is -0.0505. The Balaban J connectivity index is 1.55. The van der Waals surface area contributed by atoms with E-state index < -0.39 is 11.4 Å². The van der Waals surface area contributed by atoms with Gasteiger partial charge in [0.15, 0.2) is 0 Å². The highest BCUT2D eigenvalue weighted by Crippen LogP contribution is 2.24. The van der Waals surface area contributed by atoms with Crippen molar-refractivity contribution in [3.8, 4) is 0 Å². The summed E-state index contributed by atoms with van der Waals surface area (Å²) in [5, 5.41) is 17.6. The van der Waals surface area contributed by atoms with Crippen LogP contribution in [0.3, 0.4) is 0 Å². The predicted octanol–water partition coefficient (Wildman–Crippen LogP) is 0.873. The Kier molecular flexibility index (Phi) is 4.98. The van der Waals surface area contributed by atoms with Gasteiger partial charge in [0.05, 0.1) is 18.0 Å². The van der Waals surface area contributed by atoms with Crippen molar-refractivity contribution < 1.29 is 14.3 Å². The molecule has 2 N–H and O–H groups in total. The summed E-state index contributed by atoms with van der Waals surface area (Å²) < 4.78 is 14.6. The number of nitrogens with one attached hydrogen (secondary N) is 1. The van der Waals surface area contributed by atoms with Gasteiger partial charge >= 0.3 is 0 Å². The zero-order chi connectivity index (χ0) is 17.9.